The van der Waals surface area contributed by atoms with Crippen LogP contribution in [0.2, 0.25) is 0 Å². The number of carbonyl (C=O) groups excluding carboxylic acids is 1. The second-order valence-electron chi connectivity index (χ2n) is 4.38. The first-order chi connectivity index (χ1) is 10.1. The van der Waals surface area contributed by atoms with Gasteiger partial charge >= 0.3 is 5.97 Å². The molecule has 2 rings (SSSR count). The minimum absolute atomic E-state index is 0.108. The summed E-state index contributed by atoms with van der Waals surface area (Å²) in [4.78, 5) is 11.3. The third kappa shape index (κ3) is 3.63. The summed E-state index contributed by atoms with van der Waals surface area (Å²) in [6.07, 6.45) is 3.81. The van der Waals surface area contributed by atoms with E-state index in [1.54, 1.807) is 30.3 Å². The molecule has 0 aliphatic carbocycles. The van der Waals surface area contributed by atoms with Gasteiger partial charge in [-0.25, -0.2) is 4.79 Å². The number of phenols is 1. The third-order valence-electron chi connectivity index (χ3n) is 3.00. The maximum atomic E-state index is 11.3. The van der Waals surface area contributed by atoms with E-state index in [0.29, 0.717) is 11.3 Å². The lowest BCUT2D eigenvalue weighted by atomic mass is 10.1. The molecule has 0 bridgehead atoms. The Morgan fingerprint density at radius 3 is 2.24 bits per heavy atom. The molecule has 0 unspecified atom stereocenters. The van der Waals surface area contributed by atoms with Crippen molar-refractivity contribution >= 4 is 18.1 Å². The van der Waals surface area contributed by atoms with Crippen LogP contribution in [0.15, 0.2) is 42.5 Å². The summed E-state index contributed by atoms with van der Waals surface area (Å²) in [5, 5.41) is 9.53. The summed E-state index contributed by atoms with van der Waals surface area (Å²) >= 11 is 0. The normalized spacial score (nSPS) is 10.6. The molecule has 0 heterocycles. The van der Waals surface area contributed by atoms with E-state index >= 15 is 0 Å². The van der Waals surface area contributed by atoms with Crippen LogP contribution in [-0.2, 0) is 4.74 Å². The zero-order chi connectivity index (χ0) is 15.2. The Labute approximate surface area is 123 Å². The first kappa shape index (κ1) is 14.7. The Bertz CT molecular complexity index is 657. The molecule has 1 N–H and O–H groups in total. The smallest absolute Gasteiger partial charge is 0.337 e. The number of ether oxygens (including phenoxy) is 2. The predicted molar refractivity (Wildman–Crippen MR) is 81.4 cm³/mol. The van der Waals surface area contributed by atoms with E-state index in [1.807, 2.05) is 24.3 Å². The van der Waals surface area contributed by atoms with E-state index in [-0.39, 0.29) is 11.7 Å². The minimum Gasteiger partial charge on any atom is -0.504 e. The predicted octanol–water partition coefficient (Wildman–Crippen LogP) is 3.36. The Morgan fingerprint density at radius 1 is 1.00 bits per heavy atom. The SMILES string of the molecule is COC(=O)c1ccc(C=Cc2ccc(O)c(OC)c2)cc1. The van der Waals surface area contributed by atoms with Crippen LogP contribution < -0.4 is 4.74 Å². The zero-order valence-electron chi connectivity index (χ0n) is 11.9. The van der Waals surface area contributed by atoms with Crippen LogP contribution in [0.4, 0.5) is 0 Å². The van der Waals surface area contributed by atoms with Crippen molar-refractivity contribution in [1.82, 2.24) is 0 Å². The lowest BCUT2D eigenvalue weighted by Crippen LogP contribution is -2.00. The monoisotopic (exact) mass is 284 g/mol. The summed E-state index contributed by atoms with van der Waals surface area (Å²) in [6.45, 7) is 0. The van der Waals surface area contributed by atoms with Crippen molar-refractivity contribution in [2.75, 3.05) is 14.2 Å². The van der Waals surface area contributed by atoms with Crippen LogP contribution in [0.3, 0.4) is 0 Å². The van der Waals surface area contributed by atoms with Gasteiger partial charge in [0.1, 0.15) is 0 Å². The Hall–Kier alpha value is -2.75. The number of benzene rings is 2. The van der Waals surface area contributed by atoms with Crippen molar-refractivity contribution < 1.29 is 19.4 Å². The van der Waals surface area contributed by atoms with Crippen molar-refractivity contribution in [2.24, 2.45) is 0 Å². The second-order valence-corrected chi connectivity index (χ2v) is 4.38. The van der Waals surface area contributed by atoms with Gasteiger partial charge in [-0.3, -0.25) is 0 Å². The van der Waals surface area contributed by atoms with E-state index < -0.39 is 0 Å². The molecule has 0 saturated heterocycles. The summed E-state index contributed by atoms with van der Waals surface area (Å²) in [5.41, 5.74) is 2.37. The fourth-order valence-corrected chi connectivity index (χ4v) is 1.84. The standard InChI is InChI=1S/C17H16O4/c1-20-16-11-13(7-10-15(16)18)4-3-12-5-8-14(9-6-12)17(19)21-2/h3-11,18H,1-2H3. The maximum Gasteiger partial charge on any atom is 0.337 e. The maximum absolute atomic E-state index is 11.3. The van der Waals surface area contributed by atoms with Gasteiger partial charge in [0.2, 0.25) is 0 Å². The Morgan fingerprint density at radius 2 is 1.62 bits per heavy atom. The zero-order valence-corrected chi connectivity index (χ0v) is 11.9. The van der Waals surface area contributed by atoms with E-state index in [1.165, 1.54) is 14.2 Å². The quantitative estimate of drug-likeness (QED) is 0.691. The fraction of sp³-hybridized carbons (Fsp3) is 0.118. The first-order valence-electron chi connectivity index (χ1n) is 6.37. The number of hydrogen-bond donors (Lipinski definition) is 1. The molecule has 2 aromatic rings. The van der Waals surface area contributed by atoms with Crippen LogP contribution in [0, 0.1) is 0 Å². The summed E-state index contributed by atoms with van der Waals surface area (Å²) in [6, 6.07) is 12.2. The molecule has 21 heavy (non-hydrogen) atoms. The summed E-state index contributed by atoms with van der Waals surface area (Å²) in [7, 11) is 2.86. The second kappa shape index (κ2) is 6.61. The molecule has 4 nitrogen and oxygen atoms in total. The van der Waals surface area contributed by atoms with Gasteiger partial charge in [0.05, 0.1) is 19.8 Å². The molecule has 0 amide bonds. The molecule has 0 atom stereocenters. The van der Waals surface area contributed by atoms with Gasteiger partial charge in [-0.1, -0.05) is 30.4 Å². The van der Waals surface area contributed by atoms with Crippen LogP contribution in [0.1, 0.15) is 21.5 Å². The van der Waals surface area contributed by atoms with Gasteiger partial charge in [-0.05, 0) is 35.4 Å². The molecule has 4 heteroatoms. The molecule has 0 aromatic heterocycles. The molecule has 0 spiro atoms. The number of methoxy groups -OCH3 is 2. The lowest BCUT2D eigenvalue weighted by molar-refractivity contribution is 0.0600. The van der Waals surface area contributed by atoms with Crippen molar-refractivity contribution in [3.8, 4) is 11.5 Å². The van der Waals surface area contributed by atoms with Crippen LogP contribution in [0.5, 0.6) is 11.5 Å². The largest absolute Gasteiger partial charge is 0.504 e. The van der Waals surface area contributed by atoms with Gasteiger partial charge in [0.15, 0.2) is 11.5 Å². The van der Waals surface area contributed by atoms with Crippen molar-refractivity contribution in [3.05, 3.63) is 59.2 Å². The van der Waals surface area contributed by atoms with Crippen molar-refractivity contribution in [3.63, 3.8) is 0 Å². The molecule has 0 aliphatic rings. The highest BCUT2D eigenvalue weighted by molar-refractivity contribution is 5.89. The average Bonchev–Trinajstić information content (AvgIpc) is 2.53. The van der Waals surface area contributed by atoms with Crippen LogP contribution >= 0.6 is 0 Å². The molecule has 0 fully saturated rings. The molecule has 108 valence electrons. The third-order valence-corrected chi connectivity index (χ3v) is 3.00. The minimum atomic E-state index is -0.353. The average molecular weight is 284 g/mol. The molecule has 2 aromatic carbocycles. The van der Waals surface area contributed by atoms with E-state index in [4.69, 9.17) is 4.74 Å². The summed E-state index contributed by atoms with van der Waals surface area (Å²) in [5.74, 6) is 0.184. The molecule has 0 aliphatic heterocycles. The van der Waals surface area contributed by atoms with Gasteiger partial charge in [-0.2, -0.15) is 0 Å². The van der Waals surface area contributed by atoms with Crippen molar-refractivity contribution in [1.29, 1.82) is 0 Å². The molecule has 0 radical (unpaired) electrons. The Balaban J connectivity index is 2.15. The lowest BCUT2D eigenvalue weighted by Gasteiger charge is -2.03. The topological polar surface area (TPSA) is 55.8 Å². The van der Waals surface area contributed by atoms with E-state index in [0.717, 1.165) is 11.1 Å². The number of aromatic hydroxyl groups is 1. The number of hydrogen-bond acceptors (Lipinski definition) is 4. The highest BCUT2D eigenvalue weighted by Gasteiger charge is 2.03. The van der Waals surface area contributed by atoms with E-state index in [2.05, 4.69) is 4.74 Å². The van der Waals surface area contributed by atoms with Gasteiger partial charge in [-0.15, -0.1) is 0 Å². The van der Waals surface area contributed by atoms with Crippen molar-refractivity contribution in [2.45, 2.75) is 0 Å². The highest BCUT2D eigenvalue weighted by Crippen LogP contribution is 2.27. The highest BCUT2D eigenvalue weighted by atomic mass is 16.5. The fourth-order valence-electron chi connectivity index (χ4n) is 1.84. The van der Waals surface area contributed by atoms with E-state index in [9.17, 15) is 9.90 Å². The van der Waals surface area contributed by atoms with Crippen LogP contribution in [0.25, 0.3) is 12.2 Å². The molecule has 0 saturated carbocycles. The number of phenolic OH excluding ortho intramolecular Hbond substituents is 1. The number of esters is 1. The van der Waals surface area contributed by atoms with Crippen LogP contribution in [-0.4, -0.2) is 25.3 Å². The van der Waals surface area contributed by atoms with Gasteiger partial charge in [0, 0.05) is 0 Å². The molecular weight excluding hydrogens is 268 g/mol. The molecular formula is C17H16O4. The Kier molecular flexibility index (Phi) is 4.61. The summed E-state index contributed by atoms with van der Waals surface area (Å²) < 4.78 is 9.70. The van der Waals surface area contributed by atoms with Gasteiger partial charge < -0.3 is 14.6 Å². The number of carbonyl (C=O) groups is 1. The number of rotatable bonds is 4. The van der Waals surface area contributed by atoms with Gasteiger partial charge in [0.25, 0.3) is 0 Å². The first-order valence-corrected chi connectivity index (χ1v) is 6.37.